The van der Waals surface area contributed by atoms with Crippen LogP contribution in [0.25, 0.3) is 10.4 Å². The number of sulfonamides is 1. The highest BCUT2D eigenvalue weighted by Gasteiger charge is 2.28. The Hall–Kier alpha value is -2.83. The zero-order chi connectivity index (χ0) is 31.3. The van der Waals surface area contributed by atoms with Gasteiger partial charge in [-0.3, -0.25) is 5.32 Å². The largest absolute Gasteiger partial charge is 0.361 e. The molecule has 1 fully saturated rings. The van der Waals surface area contributed by atoms with Crippen molar-refractivity contribution < 1.29 is 17.9 Å². The van der Waals surface area contributed by atoms with E-state index in [0.29, 0.717) is 36.5 Å². The van der Waals surface area contributed by atoms with Gasteiger partial charge in [0.1, 0.15) is 0 Å². The summed E-state index contributed by atoms with van der Waals surface area (Å²) in [6.45, 7) is 12.5. The molecule has 4 rings (SSSR count). The van der Waals surface area contributed by atoms with E-state index >= 15 is 0 Å². The maximum absolute atomic E-state index is 13.6. The Bertz CT molecular complexity index is 1470. The average molecular weight is 628 g/mol. The SMILES string of the molecule is CC(C)(C)NS(=O)(=O)c1cc(NC(=O)NCc2ccccc2)ccc1-c1cnc(C2CCC(NCOC(C)(C)C)CC2)s1. The van der Waals surface area contributed by atoms with Crippen LogP contribution in [-0.2, 0) is 21.3 Å². The Morgan fingerprint density at radius 3 is 2.35 bits per heavy atom. The molecule has 0 radical (unpaired) electrons. The molecule has 4 N–H and O–H groups in total. The Labute approximate surface area is 260 Å². The molecule has 1 aliphatic carbocycles. The maximum atomic E-state index is 13.6. The van der Waals surface area contributed by atoms with Crippen molar-refractivity contribution in [3.05, 3.63) is 65.3 Å². The molecule has 0 saturated heterocycles. The Balaban J connectivity index is 1.49. The van der Waals surface area contributed by atoms with Crippen molar-refractivity contribution in [2.24, 2.45) is 0 Å². The summed E-state index contributed by atoms with van der Waals surface area (Å²) in [5.41, 5.74) is 1.06. The lowest BCUT2D eigenvalue weighted by molar-refractivity contribution is -0.0188. The van der Waals surface area contributed by atoms with Gasteiger partial charge in [-0.05, 0) is 84.9 Å². The molecule has 1 saturated carbocycles. The van der Waals surface area contributed by atoms with Gasteiger partial charge in [-0.2, -0.15) is 0 Å². The molecule has 0 unspecified atom stereocenters. The first-order valence-electron chi connectivity index (χ1n) is 14.8. The quantitative estimate of drug-likeness (QED) is 0.188. The Kier molecular flexibility index (Phi) is 10.7. The van der Waals surface area contributed by atoms with Crippen molar-refractivity contribution in [2.45, 2.75) is 102 Å². The van der Waals surface area contributed by atoms with E-state index in [2.05, 4.69) is 41.4 Å². The minimum atomic E-state index is -3.92. The van der Waals surface area contributed by atoms with Gasteiger partial charge in [0.15, 0.2) is 0 Å². The number of urea groups is 1. The summed E-state index contributed by atoms with van der Waals surface area (Å²) in [5, 5.41) is 10.1. The summed E-state index contributed by atoms with van der Waals surface area (Å²) in [5.74, 6) is 0.336. The number of benzene rings is 2. The minimum Gasteiger partial charge on any atom is -0.361 e. The summed E-state index contributed by atoms with van der Waals surface area (Å²) in [6, 6.07) is 14.6. The van der Waals surface area contributed by atoms with Crippen molar-refractivity contribution in [2.75, 3.05) is 12.0 Å². The molecule has 2 aromatic carbocycles. The van der Waals surface area contributed by atoms with Gasteiger partial charge >= 0.3 is 6.03 Å². The van der Waals surface area contributed by atoms with Crippen LogP contribution in [0.5, 0.6) is 0 Å². The number of carbonyl (C=O) groups excluding carboxylic acids is 1. The smallest absolute Gasteiger partial charge is 0.319 e. The zero-order valence-corrected chi connectivity index (χ0v) is 27.6. The highest BCUT2D eigenvalue weighted by atomic mass is 32.2. The number of nitrogens with zero attached hydrogens (tertiary/aromatic N) is 1. The molecule has 0 bridgehead atoms. The van der Waals surface area contributed by atoms with Crippen LogP contribution in [0.1, 0.15) is 83.7 Å². The van der Waals surface area contributed by atoms with E-state index in [0.717, 1.165) is 41.1 Å². The molecule has 3 aromatic rings. The fourth-order valence-corrected chi connectivity index (χ4v) is 7.82. The van der Waals surface area contributed by atoms with Gasteiger partial charge in [0.25, 0.3) is 0 Å². The molecule has 9 nitrogen and oxygen atoms in total. The van der Waals surface area contributed by atoms with Crippen LogP contribution in [0.2, 0.25) is 0 Å². The van der Waals surface area contributed by atoms with Crippen LogP contribution in [0.4, 0.5) is 10.5 Å². The molecular formula is C32H45N5O4S2. The van der Waals surface area contributed by atoms with Gasteiger partial charge in [-0.15, -0.1) is 11.3 Å². The van der Waals surface area contributed by atoms with Crippen LogP contribution < -0.4 is 20.7 Å². The van der Waals surface area contributed by atoms with Crippen molar-refractivity contribution in [3.8, 4) is 10.4 Å². The van der Waals surface area contributed by atoms with E-state index in [1.54, 1.807) is 50.4 Å². The van der Waals surface area contributed by atoms with E-state index in [1.807, 2.05) is 30.3 Å². The fourth-order valence-electron chi connectivity index (χ4n) is 4.96. The second-order valence-corrected chi connectivity index (χ2v) is 15.8. The summed E-state index contributed by atoms with van der Waals surface area (Å²) in [7, 11) is -3.92. The van der Waals surface area contributed by atoms with Gasteiger partial charge in [0.2, 0.25) is 10.0 Å². The third kappa shape index (κ3) is 10.1. The van der Waals surface area contributed by atoms with Gasteiger partial charge in [-0.1, -0.05) is 36.4 Å². The normalized spacial score (nSPS) is 17.9. The lowest BCUT2D eigenvalue weighted by Gasteiger charge is -2.29. The van der Waals surface area contributed by atoms with Gasteiger partial charge in [0.05, 0.1) is 27.1 Å². The molecule has 0 atom stereocenters. The molecule has 0 aliphatic heterocycles. The summed E-state index contributed by atoms with van der Waals surface area (Å²) in [6.07, 6.45) is 5.87. The predicted octanol–water partition coefficient (Wildman–Crippen LogP) is 6.60. The third-order valence-electron chi connectivity index (χ3n) is 7.01. The van der Waals surface area contributed by atoms with Gasteiger partial charge in [0, 0.05) is 41.5 Å². The van der Waals surface area contributed by atoms with Crippen molar-refractivity contribution >= 4 is 33.1 Å². The lowest BCUT2D eigenvalue weighted by Crippen LogP contribution is -2.40. The van der Waals surface area contributed by atoms with Crippen molar-refractivity contribution in [1.82, 2.24) is 20.3 Å². The molecule has 43 heavy (non-hydrogen) atoms. The molecule has 1 aliphatic rings. The molecule has 0 spiro atoms. The highest BCUT2D eigenvalue weighted by Crippen LogP contribution is 2.40. The number of hydrogen-bond donors (Lipinski definition) is 4. The van der Waals surface area contributed by atoms with Crippen LogP contribution in [0, 0.1) is 0 Å². The standard InChI is InChI=1S/C32H45N5O4S2/c1-31(2,3)37-43(39,40)28-18-25(36-30(38)34-19-22-10-8-7-9-11-22)16-17-26(28)27-20-33-29(42-27)23-12-14-24(15-13-23)35-21-41-32(4,5)6/h7-11,16-18,20,23-24,35,37H,12-15,19,21H2,1-6H3,(H2,34,36,38). The number of thiazole rings is 1. The third-order valence-corrected chi connectivity index (χ3v) is 10.00. The first-order valence-corrected chi connectivity index (χ1v) is 17.1. The highest BCUT2D eigenvalue weighted by molar-refractivity contribution is 7.89. The molecular weight excluding hydrogens is 583 g/mol. The van der Waals surface area contributed by atoms with Crippen LogP contribution in [-0.4, -0.2) is 43.3 Å². The second-order valence-electron chi connectivity index (χ2n) is 13.1. The van der Waals surface area contributed by atoms with Gasteiger partial charge < -0.3 is 15.4 Å². The van der Waals surface area contributed by atoms with E-state index in [9.17, 15) is 13.2 Å². The van der Waals surface area contributed by atoms with Crippen molar-refractivity contribution in [1.29, 1.82) is 0 Å². The van der Waals surface area contributed by atoms with E-state index in [-0.39, 0.29) is 10.5 Å². The number of aromatic nitrogens is 1. The van der Waals surface area contributed by atoms with Gasteiger partial charge in [-0.25, -0.2) is 22.9 Å². The number of ether oxygens (including phenoxy) is 1. The number of hydrogen-bond acceptors (Lipinski definition) is 7. The summed E-state index contributed by atoms with van der Waals surface area (Å²) in [4.78, 5) is 18.2. The maximum Gasteiger partial charge on any atom is 0.319 e. The number of rotatable bonds is 10. The van der Waals surface area contributed by atoms with E-state index in [4.69, 9.17) is 9.72 Å². The van der Waals surface area contributed by atoms with E-state index < -0.39 is 21.6 Å². The monoisotopic (exact) mass is 627 g/mol. The number of carbonyl (C=O) groups is 1. The van der Waals surface area contributed by atoms with E-state index in [1.165, 1.54) is 6.07 Å². The number of amides is 2. The van der Waals surface area contributed by atoms with Crippen LogP contribution in [0.15, 0.2) is 59.6 Å². The second kappa shape index (κ2) is 13.9. The topological polar surface area (TPSA) is 121 Å². The predicted molar refractivity (Wildman–Crippen MR) is 174 cm³/mol. The molecule has 1 heterocycles. The lowest BCUT2D eigenvalue weighted by atomic mass is 9.86. The average Bonchev–Trinajstić information content (AvgIpc) is 3.41. The first kappa shape index (κ1) is 33.1. The Morgan fingerprint density at radius 1 is 1.00 bits per heavy atom. The number of anilines is 1. The zero-order valence-electron chi connectivity index (χ0n) is 26.0. The molecule has 11 heteroatoms. The molecule has 234 valence electrons. The van der Waals surface area contributed by atoms with Crippen molar-refractivity contribution in [3.63, 3.8) is 0 Å². The number of nitrogens with one attached hydrogen (secondary N) is 4. The molecule has 1 aromatic heterocycles. The molecule has 2 amide bonds. The first-order chi connectivity index (χ1) is 20.2. The Morgan fingerprint density at radius 2 is 1.70 bits per heavy atom. The summed E-state index contributed by atoms with van der Waals surface area (Å²) < 4.78 is 35.8. The summed E-state index contributed by atoms with van der Waals surface area (Å²) >= 11 is 1.54. The van der Waals surface area contributed by atoms with Crippen LogP contribution >= 0.6 is 11.3 Å². The minimum absolute atomic E-state index is 0.102. The van der Waals surface area contributed by atoms with Crippen LogP contribution in [0.3, 0.4) is 0 Å². The fraction of sp³-hybridized carbons (Fsp3) is 0.500.